The van der Waals surface area contributed by atoms with Crippen molar-refractivity contribution in [1.29, 1.82) is 0 Å². The summed E-state index contributed by atoms with van der Waals surface area (Å²) in [7, 11) is 0. The molecule has 21 heteroatoms. The molecule has 30 heavy (non-hydrogen) atoms. The van der Waals surface area contributed by atoms with Crippen molar-refractivity contribution < 1.29 is 14.8 Å². The van der Waals surface area contributed by atoms with Gasteiger partial charge in [0.1, 0.15) is 33.9 Å². The first kappa shape index (κ1) is 18.0. The molecule has 0 unspecified atom stereocenters. The molecule has 0 amide bonds. The molecule has 4 aromatic rings. The van der Waals surface area contributed by atoms with Gasteiger partial charge in [-0.05, 0) is 14.8 Å². The largest absolute Gasteiger partial charge is 0.411 e. The number of nitro groups is 3. The van der Waals surface area contributed by atoms with Crippen molar-refractivity contribution in [2.24, 2.45) is 0 Å². The van der Waals surface area contributed by atoms with Gasteiger partial charge < -0.3 is 30.3 Å². The van der Waals surface area contributed by atoms with E-state index in [9.17, 15) is 30.3 Å². The van der Waals surface area contributed by atoms with E-state index in [4.69, 9.17) is 0 Å². The summed E-state index contributed by atoms with van der Waals surface area (Å²) < 4.78 is 2.43. The van der Waals surface area contributed by atoms with Crippen molar-refractivity contribution in [1.82, 2.24) is 59.9 Å². The van der Waals surface area contributed by atoms with Crippen LogP contribution in [0.15, 0.2) is 18.6 Å². The maximum absolute atomic E-state index is 10.8. The Kier molecular flexibility index (Phi) is 4.00. The minimum absolute atomic E-state index is 0.341. The summed E-state index contributed by atoms with van der Waals surface area (Å²) in [6, 6.07) is 0. The second kappa shape index (κ2) is 6.66. The van der Waals surface area contributed by atoms with Gasteiger partial charge in [-0.3, -0.25) is 0 Å². The summed E-state index contributed by atoms with van der Waals surface area (Å²) in [5.41, 5.74) is 0. The van der Waals surface area contributed by atoms with E-state index in [1.165, 1.54) is 0 Å². The molecule has 150 valence electrons. The number of hydrogen-bond donors (Lipinski definition) is 0. The molecule has 0 aliphatic heterocycles. The molecule has 0 saturated heterocycles. The van der Waals surface area contributed by atoms with Gasteiger partial charge in [-0.25, -0.2) is 0 Å². The lowest BCUT2D eigenvalue weighted by molar-refractivity contribution is -0.389. The van der Waals surface area contributed by atoms with Crippen LogP contribution < -0.4 is 0 Å². The zero-order valence-corrected chi connectivity index (χ0v) is 13.9. The molecule has 0 N–H and O–H groups in total. The van der Waals surface area contributed by atoms with E-state index in [0.717, 1.165) is 32.6 Å². The van der Waals surface area contributed by atoms with Crippen LogP contribution in [-0.4, -0.2) is 74.7 Å². The lowest BCUT2D eigenvalue weighted by atomic mass is 10.7. The first-order valence-electron chi connectivity index (χ1n) is 7.29. The molecule has 0 aliphatic carbocycles. The fourth-order valence-corrected chi connectivity index (χ4v) is 1.96. The first-order valence-corrected chi connectivity index (χ1v) is 7.29. The smallest absolute Gasteiger partial charge is 0.358 e. The third kappa shape index (κ3) is 3.19. The van der Waals surface area contributed by atoms with Gasteiger partial charge in [-0.15, -0.1) is 0 Å². The van der Waals surface area contributed by atoms with Gasteiger partial charge >= 0.3 is 17.5 Å². The van der Waals surface area contributed by atoms with Crippen LogP contribution in [0.2, 0.25) is 0 Å². The van der Waals surface area contributed by atoms with Crippen molar-refractivity contribution in [2.45, 2.75) is 0 Å². The molecule has 0 spiro atoms. The van der Waals surface area contributed by atoms with E-state index in [-0.39, 0.29) is 17.8 Å². The molecular formula is C9H3N15O6. The molecule has 21 nitrogen and oxygen atoms in total. The van der Waals surface area contributed by atoms with Crippen LogP contribution in [0.25, 0.3) is 17.8 Å². The van der Waals surface area contributed by atoms with Crippen LogP contribution in [-0.2, 0) is 0 Å². The number of nitrogens with zero attached hydrogens (tertiary/aromatic N) is 15. The van der Waals surface area contributed by atoms with E-state index in [2.05, 4.69) is 45.9 Å². The normalized spacial score (nSPS) is 10.8. The standard InChI is InChI=1S/C9H3N15O6/c25-22(26)4-1-19(16-13-4)7-10-8(20-2-5(14-17-20)23(27)28)12-9(11-7)21-3-6(15-18-21)24(29)30/h1-3H. The minimum Gasteiger partial charge on any atom is -0.358 e. The Balaban J connectivity index is 1.86. The monoisotopic (exact) mass is 417 g/mol. The van der Waals surface area contributed by atoms with E-state index < -0.39 is 32.2 Å². The average molecular weight is 417 g/mol. The van der Waals surface area contributed by atoms with Crippen LogP contribution in [0.3, 0.4) is 0 Å². The van der Waals surface area contributed by atoms with Crippen molar-refractivity contribution in [2.75, 3.05) is 0 Å². The highest BCUT2D eigenvalue weighted by atomic mass is 16.6. The molecule has 0 aliphatic rings. The zero-order chi connectivity index (χ0) is 21.4. The summed E-state index contributed by atoms with van der Waals surface area (Å²) in [6.07, 6.45) is 2.66. The van der Waals surface area contributed by atoms with E-state index >= 15 is 0 Å². The first-order chi connectivity index (χ1) is 14.3. The third-order valence-electron chi connectivity index (χ3n) is 3.22. The molecule has 4 aromatic heterocycles. The highest BCUT2D eigenvalue weighted by Crippen LogP contribution is 2.14. The van der Waals surface area contributed by atoms with E-state index in [1.54, 1.807) is 0 Å². The second-order valence-corrected chi connectivity index (χ2v) is 5.07. The summed E-state index contributed by atoms with van der Waals surface area (Å²) in [4.78, 5) is 41.9. The van der Waals surface area contributed by atoms with E-state index in [1.807, 2.05) is 0 Å². The van der Waals surface area contributed by atoms with Gasteiger partial charge in [0.2, 0.25) is 0 Å². The van der Waals surface area contributed by atoms with Gasteiger partial charge in [0.25, 0.3) is 17.8 Å². The van der Waals surface area contributed by atoms with Crippen LogP contribution >= 0.6 is 0 Å². The Morgan fingerprint density at radius 2 is 0.833 bits per heavy atom. The second-order valence-electron chi connectivity index (χ2n) is 5.07. The van der Waals surface area contributed by atoms with Gasteiger partial charge in [0, 0.05) is 0 Å². The molecular weight excluding hydrogens is 414 g/mol. The topological polar surface area (TPSA) is 260 Å². The zero-order valence-electron chi connectivity index (χ0n) is 13.9. The molecule has 0 radical (unpaired) electrons. The van der Waals surface area contributed by atoms with Gasteiger partial charge in [0.05, 0.1) is 15.6 Å². The van der Waals surface area contributed by atoms with Gasteiger partial charge in [-0.1, -0.05) is 0 Å². The summed E-state index contributed by atoms with van der Waals surface area (Å²) in [5, 5.41) is 52.9. The highest BCUT2D eigenvalue weighted by molar-refractivity contribution is 5.28. The fourth-order valence-electron chi connectivity index (χ4n) is 1.96. The van der Waals surface area contributed by atoms with Crippen molar-refractivity contribution >= 4 is 17.5 Å². The molecule has 0 aromatic carbocycles. The number of hydrogen-bond acceptors (Lipinski definition) is 15. The predicted octanol–water partition coefficient (Wildman–Crippen LogP) is -1.66. The maximum atomic E-state index is 10.8. The molecule has 0 atom stereocenters. The molecule has 0 bridgehead atoms. The lowest BCUT2D eigenvalue weighted by Gasteiger charge is -2.03. The highest BCUT2D eigenvalue weighted by Gasteiger charge is 2.22. The van der Waals surface area contributed by atoms with Crippen LogP contribution in [0.5, 0.6) is 0 Å². The van der Waals surface area contributed by atoms with Crippen molar-refractivity contribution in [3.8, 4) is 17.8 Å². The van der Waals surface area contributed by atoms with Crippen LogP contribution in [0, 0.1) is 30.3 Å². The third-order valence-corrected chi connectivity index (χ3v) is 3.22. The van der Waals surface area contributed by atoms with Gasteiger partial charge in [0.15, 0.2) is 0 Å². The van der Waals surface area contributed by atoms with Crippen molar-refractivity contribution in [3.05, 3.63) is 48.9 Å². The van der Waals surface area contributed by atoms with Crippen LogP contribution in [0.4, 0.5) is 17.5 Å². The molecule has 0 saturated carbocycles. The Morgan fingerprint density at radius 1 is 0.567 bits per heavy atom. The number of rotatable bonds is 6. The Bertz CT molecular complexity index is 1130. The summed E-state index contributed by atoms with van der Waals surface area (Å²) in [5.74, 6) is -2.88. The summed E-state index contributed by atoms with van der Waals surface area (Å²) in [6.45, 7) is 0. The summed E-state index contributed by atoms with van der Waals surface area (Å²) >= 11 is 0. The predicted molar refractivity (Wildman–Crippen MR) is 84.5 cm³/mol. The molecule has 4 rings (SSSR count). The number of aromatic nitrogens is 12. The Labute approximate surface area is 160 Å². The van der Waals surface area contributed by atoms with E-state index in [0.29, 0.717) is 0 Å². The van der Waals surface area contributed by atoms with Crippen LogP contribution in [0.1, 0.15) is 0 Å². The average Bonchev–Trinajstić information content (AvgIpc) is 3.48. The van der Waals surface area contributed by atoms with Gasteiger partial charge in [-0.2, -0.15) is 29.0 Å². The molecule has 4 heterocycles. The fraction of sp³-hybridized carbons (Fsp3) is 0. The Morgan fingerprint density at radius 3 is 1.03 bits per heavy atom. The minimum atomic E-state index is -0.811. The Hall–Kier alpha value is -5.37. The lowest BCUT2D eigenvalue weighted by Crippen LogP contribution is -2.14. The van der Waals surface area contributed by atoms with Crippen molar-refractivity contribution in [3.63, 3.8) is 0 Å². The quantitative estimate of drug-likeness (QED) is 0.251. The molecule has 0 fully saturated rings. The maximum Gasteiger partial charge on any atom is 0.411 e. The SMILES string of the molecule is O=[N+]([O-])c1cn(-c2nc(-n3cc([N+](=O)[O-])nn3)nc(-n3cc([N+](=O)[O-])nn3)n2)nn1.